The first-order valence-electron chi connectivity index (χ1n) is 3.22. The van der Waals surface area contributed by atoms with Gasteiger partial charge in [-0.05, 0) is 6.92 Å². The molecule has 17 N–H and O–H groups in total. The third-order valence-electron chi connectivity index (χ3n) is 0. The van der Waals surface area contributed by atoms with Crippen LogP contribution in [0.15, 0.2) is 0 Å². The fourth-order valence-corrected chi connectivity index (χ4v) is 0. The molecule has 0 rings (SSSR count). The first-order valence-corrected chi connectivity index (χ1v) is 5.98. The summed E-state index contributed by atoms with van der Waals surface area (Å²) in [5, 5.41) is 16.3. The Kier molecular flexibility index (Phi) is 115. The van der Waals surface area contributed by atoms with Gasteiger partial charge in [-0.3, -0.25) is 18.5 Å². The molecule has 0 aliphatic carbocycles. The fraction of sp³-hybridized carbons (Fsp3) is 0.500. The summed E-state index contributed by atoms with van der Waals surface area (Å²) in [5.74, 6) is -1.92. The molecule has 16 nitrogen and oxygen atoms in total. The van der Waals surface area contributed by atoms with Crippen molar-refractivity contribution in [2.75, 3.05) is 0 Å². The van der Waals surface area contributed by atoms with Crippen molar-refractivity contribution in [3.63, 3.8) is 0 Å². The monoisotopic (exact) mass is 479 g/mol. The molecule has 0 aliphatic heterocycles. The second-order valence-corrected chi connectivity index (χ2v) is 3.64. The Hall–Kier alpha value is 0.1000. The SMILES string of the molecule is CC(=O)O.CC(=O)[O-].Cl.O=S(=O)(O)O.O=S(=O)([O-])O.[Cl-].[NH4+].[NH4+].[NH4+].[Na+].[OH-]. The Balaban J connectivity index is -0.0000000107. The summed E-state index contributed by atoms with van der Waals surface area (Å²) >= 11 is 0. The number of rotatable bonds is 0. The quantitative estimate of drug-likeness (QED) is 0.0963. The molecule has 0 amide bonds. The minimum atomic E-state index is -4.92. The molecule has 0 aromatic heterocycles. The zero-order chi connectivity index (χ0) is 16.2. The Morgan fingerprint density at radius 3 is 0.880 bits per heavy atom. The molecule has 0 atom stereocenters. The number of aliphatic carboxylic acids is 2. The van der Waals surface area contributed by atoms with Crippen LogP contribution in [-0.4, -0.2) is 57.6 Å². The average Bonchev–Trinajstić information content (AvgIpc) is 1.70. The van der Waals surface area contributed by atoms with Gasteiger partial charge < -0.3 is 55.9 Å². The van der Waals surface area contributed by atoms with Crippen LogP contribution in [0.2, 0.25) is 0 Å². The van der Waals surface area contributed by atoms with Gasteiger partial charge in [0.15, 0.2) is 0 Å². The van der Waals surface area contributed by atoms with Gasteiger partial charge in [-0.25, -0.2) is 8.42 Å². The number of carbonyl (C=O) groups excluding carboxylic acids is 1. The average molecular weight is 480 g/mol. The van der Waals surface area contributed by atoms with Crippen molar-refractivity contribution in [2.24, 2.45) is 0 Å². The summed E-state index contributed by atoms with van der Waals surface area (Å²) < 4.78 is 64.4. The molecule has 0 unspecified atom stereocenters. The van der Waals surface area contributed by atoms with Gasteiger partial charge >= 0.3 is 40.0 Å². The molecule has 0 aromatic rings. The van der Waals surface area contributed by atoms with Crippen molar-refractivity contribution < 1.29 is 102 Å². The third kappa shape index (κ3) is 1180000. The molecular weight excluding hydrogens is 456 g/mol. The third-order valence-corrected chi connectivity index (χ3v) is 0. The van der Waals surface area contributed by atoms with Gasteiger partial charge in [0.05, 0.1) is 0 Å². The molecule has 0 saturated carbocycles. The second-order valence-electron chi connectivity index (χ2n) is 1.89. The summed E-state index contributed by atoms with van der Waals surface area (Å²) in [7, 11) is -9.58. The molecule has 0 radical (unpaired) electrons. The minimum absolute atomic E-state index is 0. The van der Waals surface area contributed by atoms with Gasteiger partial charge in [-0.15, -0.1) is 12.4 Å². The van der Waals surface area contributed by atoms with Gasteiger partial charge in [0.1, 0.15) is 0 Å². The van der Waals surface area contributed by atoms with Gasteiger partial charge in [0.25, 0.3) is 5.97 Å². The molecule has 0 fully saturated rings. The predicted molar refractivity (Wildman–Crippen MR) is 77.6 cm³/mol. The van der Waals surface area contributed by atoms with Crippen molar-refractivity contribution in [1.29, 1.82) is 0 Å². The Morgan fingerprint density at radius 2 is 0.880 bits per heavy atom. The van der Waals surface area contributed by atoms with Crippen LogP contribution in [0.4, 0.5) is 0 Å². The zero-order valence-corrected chi connectivity index (χ0v) is 19.3. The number of carboxylic acids is 2. The van der Waals surface area contributed by atoms with Crippen molar-refractivity contribution in [1.82, 2.24) is 18.5 Å². The summed E-state index contributed by atoms with van der Waals surface area (Å²) in [5.41, 5.74) is 0. The number of halogens is 2. The maximum atomic E-state index is 9.00. The Morgan fingerprint density at radius 1 is 0.880 bits per heavy atom. The maximum Gasteiger partial charge on any atom is 1.00 e. The first-order chi connectivity index (χ1) is 7.46. The van der Waals surface area contributed by atoms with Crippen LogP contribution >= 0.6 is 12.4 Å². The molecule has 21 heteroatoms. The topological polar surface area (TPSA) is 369 Å². The van der Waals surface area contributed by atoms with E-state index in [-0.39, 0.29) is 78.3 Å². The predicted octanol–water partition coefficient (Wildman–Crippen LogP) is -7.42. The van der Waals surface area contributed by atoms with E-state index in [0.29, 0.717) is 0 Å². The van der Waals surface area contributed by atoms with E-state index in [1.165, 1.54) is 0 Å². The number of quaternary nitrogens is 3. The van der Waals surface area contributed by atoms with Crippen LogP contribution in [0.3, 0.4) is 0 Å². The molecule has 0 aliphatic rings. The summed E-state index contributed by atoms with van der Waals surface area (Å²) in [6.45, 7) is 2.06. The molecule has 0 saturated heterocycles. The number of carboxylic acid groups (broad SMARTS) is 2. The van der Waals surface area contributed by atoms with Crippen molar-refractivity contribution in [2.45, 2.75) is 13.8 Å². The minimum Gasteiger partial charge on any atom is -1.00 e. The molecule has 160 valence electrons. The van der Waals surface area contributed by atoms with Crippen molar-refractivity contribution in [3.05, 3.63) is 0 Å². The number of carbonyl (C=O) groups is 2. The van der Waals surface area contributed by atoms with E-state index < -0.39 is 32.7 Å². The summed E-state index contributed by atoms with van der Waals surface area (Å²) in [4.78, 5) is 17.9. The standard InChI is InChI=1S/2C2H4O2.2ClH.3H3N.Na.2H2O4S.H2O/c2*1-2(3)4;;;;;;;2*1-5(2,3)4;/h2*1H3,(H,3,4);2*1H;3*1H3;;2*(H2,1,2,3,4);1H2/q;;;;;;;+1;;;/p-1. The van der Waals surface area contributed by atoms with Crippen molar-refractivity contribution >= 4 is 45.1 Å². The van der Waals surface area contributed by atoms with Gasteiger partial charge in [-0.1, -0.05) is 0 Å². The largest absolute Gasteiger partial charge is 1.00 e. The van der Waals surface area contributed by atoms with Crippen LogP contribution in [0.1, 0.15) is 13.8 Å². The second kappa shape index (κ2) is 39.3. The van der Waals surface area contributed by atoms with Gasteiger partial charge in [-0.2, -0.15) is 8.42 Å². The van der Waals surface area contributed by atoms with Crippen LogP contribution in [0.5, 0.6) is 0 Å². The summed E-state index contributed by atoms with van der Waals surface area (Å²) in [6, 6.07) is 0. The van der Waals surface area contributed by atoms with E-state index in [9.17, 15) is 0 Å². The Labute approximate surface area is 179 Å². The normalized spacial score (nSPS) is 6.64. The van der Waals surface area contributed by atoms with Crippen LogP contribution in [0.25, 0.3) is 0 Å². The van der Waals surface area contributed by atoms with Crippen LogP contribution in [-0.2, 0) is 30.4 Å². The Bertz CT molecular complexity index is 378. The summed E-state index contributed by atoms with van der Waals surface area (Å²) in [6.07, 6.45) is 0. The van der Waals surface area contributed by atoms with E-state index >= 15 is 0 Å². The smallest absolute Gasteiger partial charge is 1.00 e. The van der Waals surface area contributed by atoms with Gasteiger partial charge in [0, 0.05) is 12.9 Å². The van der Waals surface area contributed by atoms with E-state index in [4.69, 9.17) is 54.8 Å². The van der Waals surface area contributed by atoms with Crippen molar-refractivity contribution in [3.8, 4) is 0 Å². The maximum absolute atomic E-state index is 9.00. The number of hydrogen-bond acceptors (Lipinski definition) is 9. The molecule has 0 heterocycles. The molecular formula is C4H24Cl2N3NaO13S2. The number of hydrogen-bond donors (Lipinski definition) is 7. The van der Waals surface area contributed by atoms with E-state index in [1.54, 1.807) is 0 Å². The molecule has 25 heavy (non-hydrogen) atoms. The molecule has 0 spiro atoms. The van der Waals surface area contributed by atoms with E-state index in [2.05, 4.69) is 0 Å². The van der Waals surface area contributed by atoms with E-state index in [1.807, 2.05) is 0 Å². The van der Waals surface area contributed by atoms with Crippen LogP contribution < -0.4 is 65.5 Å². The van der Waals surface area contributed by atoms with E-state index in [0.717, 1.165) is 13.8 Å². The zero-order valence-electron chi connectivity index (χ0n) is 14.1. The fourth-order valence-electron chi connectivity index (χ4n) is 0. The van der Waals surface area contributed by atoms with Gasteiger partial charge in [0.2, 0.25) is 10.4 Å². The molecule has 0 aromatic carbocycles. The van der Waals surface area contributed by atoms with Crippen LogP contribution in [0, 0.1) is 0 Å². The molecule has 0 bridgehead atoms. The first kappa shape index (κ1) is 73.3.